The van der Waals surface area contributed by atoms with Gasteiger partial charge in [-0.3, -0.25) is 0 Å². The molecule has 1 heterocycles. The van der Waals surface area contributed by atoms with Gasteiger partial charge in [0.1, 0.15) is 0 Å². The molecule has 0 unspecified atom stereocenters. The lowest BCUT2D eigenvalue weighted by molar-refractivity contribution is 0.366. The number of anilines is 2. The molecular weight excluding hydrogens is 352 g/mol. The quantitative estimate of drug-likeness (QED) is 0.497. The van der Waals surface area contributed by atoms with E-state index in [0.717, 1.165) is 38.9 Å². The van der Waals surface area contributed by atoms with Gasteiger partial charge < -0.3 is 9.80 Å². The predicted molar refractivity (Wildman–Crippen MR) is 125 cm³/mol. The molecule has 4 rings (SSSR count). The van der Waals surface area contributed by atoms with E-state index in [1.54, 1.807) is 0 Å². The summed E-state index contributed by atoms with van der Waals surface area (Å²) in [6, 6.07) is 28.3. The number of benzene rings is 3. The minimum absolute atomic E-state index is 0.974. The Kier molecular flexibility index (Phi) is 6.43. The molecule has 0 aliphatic carbocycles. The van der Waals surface area contributed by atoms with Crippen molar-refractivity contribution in [2.24, 2.45) is 0 Å². The predicted octanol–water partition coefficient (Wildman–Crippen LogP) is 5.96. The van der Waals surface area contributed by atoms with Crippen LogP contribution in [0.4, 0.5) is 11.4 Å². The van der Waals surface area contributed by atoms with Crippen molar-refractivity contribution >= 4 is 17.5 Å². The summed E-state index contributed by atoms with van der Waals surface area (Å²) in [4.78, 5) is 4.93. The molecule has 148 valence electrons. The highest BCUT2D eigenvalue weighted by Gasteiger charge is 2.19. The van der Waals surface area contributed by atoms with Crippen molar-refractivity contribution in [2.45, 2.75) is 19.3 Å². The first-order valence-electron chi connectivity index (χ1n) is 10.6. The van der Waals surface area contributed by atoms with Gasteiger partial charge in [0.05, 0.1) is 0 Å². The summed E-state index contributed by atoms with van der Waals surface area (Å²) in [7, 11) is 2.21. The fraction of sp³-hybridized carbons (Fsp3) is 0.259. The molecular formula is C27H30N2. The Bertz CT molecular complexity index is 898. The Morgan fingerprint density at radius 3 is 2.03 bits per heavy atom. The highest BCUT2D eigenvalue weighted by atomic mass is 15.2. The molecule has 1 aliphatic rings. The van der Waals surface area contributed by atoms with E-state index in [2.05, 4.69) is 108 Å². The van der Waals surface area contributed by atoms with Gasteiger partial charge >= 0.3 is 0 Å². The van der Waals surface area contributed by atoms with Crippen molar-refractivity contribution in [3.05, 3.63) is 102 Å². The number of likely N-dealkylation sites (N-methyl/N-ethyl adjacent to an activating group) is 1. The molecule has 0 N–H and O–H groups in total. The summed E-state index contributed by atoms with van der Waals surface area (Å²) < 4.78 is 0. The van der Waals surface area contributed by atoms with E-state index in [0.29, 0.717) is 0 Å². The van der Waals surface area contributed by atoms with Crippen LogP contribution in [0.5, 0.6) is 0 Å². The van der Waals surface area contributed by atoms with E-state index >= 15 is 0 Å². The molecule has 1 aliphatic heterocycles. The van der Waals surface area contributed by atoms with Gasteiger partial charge in [-0.05, 0) is 61.7 Å². The highest BCUT2D eigenvalue weighted by molar-refractivity contribution is 5.71. The number of aryl methyl sites for hydroxylation is 2. The zero-order valence-electron chi connectivity index (χ0n) is 17.3. The molecule has 0 radical (unpaired) electrons. The van der Waals surface area contributed by atoms with Crippen molar-refractivity contribution in [3.8, 4) is 0 Å². The topological polar surface area (TPSA) is 6.48 Å². The lowest BCUT2D eigenvalue weighted by atomic mass is 10.0. The average molecular weight is 383 g/mol. The second kappa shape index (κ2) is 9.58. The van der Waals surface area contributed by atoms with Crippen LogP contribution in [0.15, 0.2) is 84.9 Å². The molecule has 29 heavy (non-hydrogen) atoms. The minimum Gasteiger partial charge on any atom is -0.341 e. The first-order chi connectivity index (χ1) is 14.3. The standard InChI is InChI=1S/C27H30N2/c1-28(20-9-13-23-11-3-2-4-12-23)21-10-22-29-26-16-7-5-14-24(26)18-19-25-15-6-8-17-27(25)29/h2-9,11-17H,10,18-22H2,1H3/b13-9+. The smallest absolute Gasteiger partial charge is 0.0443 e. The largest absolute Gasteiger partial charge is 0.341 e. The average Bonchev–Trinajstić information content (AvgIpc) is 2.92. The molecule has 0 amide bonds. The molecule has 2 heteroatoms. The van der Waals surface area contributed by atoms with E-state index in [9.17, 15) is 0 Å². The van der Waals surface area contributed by atoms with Gasteiger partial charge in [-0.2, -0.15) is 0 Å². The maximum atomic E-state index is 2.53. The number of fused-ring (bicyclic) bond motifs is 2. The Hall–Kier alpha value is -2.84. The molecule has 0 fully saturated rings. The summed E-state index contributed by atoms with van der Waals surface area (Å²) in [5.41, 5.74) is 6.94. The fourth-order valence-corrected chi connectivity index (χ4v) is 4.13. The molecule has 0 spiro atoms. The van der Waals surface area contributed by atoms with E-state index in [4.69, 9.17) is 0 Å². The van der Waals surface area contributed by atoms with Crippen LogP contribution < -0.4 is 4.90 Å². The number of hydrogen-bond acceptors (Lipinski definition) is 2. The van der Waals surface area contributed by atoms with Crippen LogP contribution in [0, 0.1) is 0 Å². The summed E-state index contributed by atoms with van der Waals surface area (Å²) in [6.45, 7) is 3.10. The van der Waals surface area contributed by atoms with Crippen molar-refractivity contribution in [2.75, 3.05) is 31.6 Å². The van der Waals surface area contributed by atoms with Crippen molar-refractivity contribution < 1.29 is 0 Å². The molecule has 3 aromatic rings. The zero-order chi connectivity index (χ0) is 19.9. The van der Waals surface area contributed by atoms with Crippen molar-refractivity contribution in [3.63, 3.8) is 0 Å². The van der Waals surface area contributed by atoms with Gasteiger partial charge in [0.15, 0.2) is 0 Å². The van der Waals surface area contributed by atoms with Gasteiger partial charge in [0.2, 0.25) is 0 Å². The lowest BCUT2D eigenvalue weighted by Gasteiger charge is -2.28. The van der Waals surface area contributed by atoms with E-state index < -0.39 is 0 Å². The first kappa shape index (κ1) is 19.5. The monoisotopic (exact) mass is 382 g/mol. The molecule has 0 bridgehead atoms. The van der Waals surface area contributed by atoms with Crippen LogP contribution in [-0.2, 0) is 12.8 Å². The first-order valence-corrected chi connectivity index (χ1v) is 10.6. The summed E-state index contributed by atoms with van der Waals surface area (Å²) >= 11 is 0. The van der Waals surface area contributed by atoms with Crippen LogP contribution in [0.3, 0.4) is 0 Å². The van der Waals surface area contributed by atoms with Crippen LogP contribution in [0.2, 0.25) is 0 Å². The Balaban J connectivity index is 1.38. The van der Waals surface area contributed by atoms with Crippen molar-refractivity contribution in [1.29, 1.82) is 0 Å². The molecule has 0 aromatic heterocycles. The zero-order valence-corrected chi connectivity index (χ0v) is 17.3. The molecule has 2 nitrogen and oxygen atoms in total. The summed E-state index contributed by atoms with van der Waals surface area (Å²) in [6.07, 6.45) is 7.84. The maximum Gasteiger partial charge on any atom is 0.0443 e. The molecule has 0 saturated carbocycles. The van der Waals surface area contributed by atoms with Gasteiger partial charge in [-0.25, -0.2) is 0 Å². The van der Waals surface area contributed by atoms with Crippen molar-refractivity contribution in [1.82, 2.24) is 4.90 Å². The highest BCUT2D eigenvalue weighted by Crippen LogP contribution is 2.35. The number of nitrogens with zero attached hydrogens (tertiary/aromatic N) is 2. The molecule has 0 atom stereocenters. The van der Waals surface area contributed by atoms with Gasteiger partial charge in [-0.15, -0.1) is 0 Å². The molecule has 3 aromatic carbocycles. The van der Waals surface area contributed by atoms with Gasteiger partial charge in [0, 0.05) is 24.5 Å². The number of hydrogen-bond donors (Lipinski definition) is 0. The SMILES string of the molecule is CN(C/C=C/c1ccccc1)CCCN1c2ccccc2CCc2ccccc21. The summed E-state index contributed by atoms with van der Waals surface area (Å²) in [5, 5.41) is 0. The van der Waals surface area contributed by atoms with E-state index in [-0.39, 0.29) is 0 Å². The second-order valence-electron chi connectivity index (χ2n) is 7.84. The van der Waals surface area contributed by atoms with Crippen LogP contribution in [-0.4, -0.2) is 31.6 Å². The van der Waals surface area contributed by atoms with Gasteiger partial charge in [0.25, 0.3) is 0 Å². The second-order valence-corrected chi connectivity index (χ2v) is 7.84. The van der Waals surface area contributed by atoms with Crippen LogP contribution in [0.1, 0.15) is 23.1 Å². The van der Waals surface area contributed by atoms with Gasteiger partial charge in [-0.1, -0.05) is 78.9 Å². The summed E-state index contributed by atoms with van der Waals surface area (Å²) in [5.74, 6) is 0. The number of rotatable bonds is 7. The minimum atomic E-state index is 0.974. The Morgan fingerprint density at radius 1 is 0.793 bits per heavy atom. The maximum absolute atomic E-state index is 2.53. The third kappa shape index (κ3) is 4.96. The lowest BCUT2D eigenvalue weighted by Crippen LogP contribution is -2.26. The van der Waals surface area contributed by atoms with Crippen LogP contribution in [0.25, 0.3) is 6.08 Å². The Morgan fingerprint density at radius 2 is 1.38 bits per heavy atom. The van der Waals surface area contributed by atoms with E-state index in [1.807, 2.05) is 0 Å². The normalized spacial score (nSPS) is 13.4. The third-order valence-electron chi connectivity index (χ3n) is 5.68. The Labute approximate surface area is 175 Å². The fourth-order valence-electron chi connectivity index (χ4n) is 4.13. The van der Waals surface area contributed by atoms with E-state index in [1.165, 1.54) is 28.1 Å². The van der Waals surface area contributed by atoms with Crippen LogP contribution >= 0.6 is 0 Å². The molecule has 0 saturated heterocycles. The number of para-hydroxylation sites is 2. The third-order valence-corrected chi connectivity index (χ3v) is 5.68.